The number of sulfonamides is 1. The lowest BCUT2D eigenvalue weighted by Crippen LogP contribution is -2.44. The normalized spacial score (nSPS) is 22.4. The van der Waals surface area contributed by atoms with Crippen LogP contribution in [-0.4, -0.2) is 51.0 Å². The predicted molar refractivity (Wildman–Crippen MR) is 98.5 cm³/mol. The van der Waals surface area contributed by atoms with Crippen LogP contribution in [0.25, 0.3) is 0 Å². The summed E-state index contributed by atoms with van der Waals surface area (Å²) in [6, 6.07) is 9.70. The third kappa shape index (κ3) is 4.45. The van der Waals surface area contributed by atoms with Crippen molar-refractivity contribution in [3.8, 4) is 0 Å². The first-order chi connectivity index (χ1) is 12.9. The van der Waals surface area contributed by atoms with Gasteiger partial charge in [-0.3, -0.25) is 4.68 Å². The van der Waals surface area contributed by atoms with Gasteiger partial charge in [-0.15, -0.1) is 0 Å². The molecule has 0 fully saturated rings. The van der Waals surface area contributed by atoms with Crippen LogP contribution in [0.3, 0.4) is 0 Å². The zero-order chi connectivity index (χ0) is 19.5. The lowest BCUT2D eigenvalue weighted by Gasteiger charge is -2.27. The minimum Gasteiger partial charge on any atom is -0.352 e. The first-order valence-electron chi connectivity index (χ1n) is 8.40. The first-order valence-corrected chi connectivity index (χ1v) is 9.88. The zero-order valence-corrected chi connectivity index (χ0v) is 16.3. The molecule has 9 heteroatoms. The maximum atomic E-state index is 12.8. The van der Waals surface area contributed by atoms with E-state index in [0.717, 1.165) is 5.56 Å². The molecule has 2 unspecified atom stereocenters. The number of nitrogens with one attached hydrogen (secondary N) is 1. The van der Waals surface area contributed by atoms with Crippen LogP contribution in [0, 0.1) is 6.92 Å². The molecule has 2 heterocycles. The van der Waals surface area contributed by atoms with Gasteiger partial charge in [-0.1, -0.05) is 30.3 Å². The Bertz CT molecular complexity index is 910. The fourth-order valence-corrected chi connectivity index (χ4v) is 4.04. The van der Waals surface area contributed by atoms with Gasteiger partial charge in [0.15, 0.2) is 6.29 Å². The Morgan fingerprint density at radius 2 is 2.04 bits per heavy atom. The van der Waals surface area contributed by atoms with E-state index in [-0.39, 0.29) is 11.4 Å². The number of hydrogen-bond acceptors (Lipinski definition) is 6. The highest BCUT2D eigenvalue weighted by atomic mass is 32.2. The first kappa shape index (κ1) is 19.7. The molecular weight excluding hydrogens is 370 g/mol. The molecule has 3 rings (SSSR count). The summed E-state index contributed by atoms with van der Waals surface area (Å²) in [6.07, 6.45) is 4.24. The lowest BCUT2D eigenvalue weighted by atomic mass is 10.2. The molecular formula is C18H23N3O5S. The summed E-state index contributed by atoms with van der Waals surface area (Å²) in [5.41, 5.74) is 1.45. The summed E-state index contributed by atoms with van der Waals surface area (Å²) in [7, 11) is -0.851. The summed E-state index contributed by atoms with van der Waals surface area (Å²) in [5.74, 6) is -1.21. The van der Waals surface area contributed by atoms with Gasteiger partial charge in [0, 0.05) is 20.4 Å². The third-order valence-electron chi connectivity index (χ3n) is 4.29. The van der Waals surface area contributed by atoms with Crippen LogP contribution in [0.5, 0.6) is 0 Å². The second kappa shape index (κ2) is 7.91. The summed E-state index contributed by atoms with van der Waals surface area (Å²) in [5, 5.41) is 4.32. The van der Waals surface area contributed by atoms with Crippen LogP contribution in [-0.2, 0) is 30.8 Å². The topological polar surface area (TPSA) is 91.7 Å². The van der Waals surface area contributed by atoms with E-state index in [1.165, 1.54) is 20.4 Å². The molecule has 2 aromatic rings. The molecule has 0 saturated heterocycles. The Morgan fingerprint density at radius 3 is 2.67 bits per heavy atom. The third-order valence-corrected chi connectivity index (χ3v) is 5.79. The Balaban J connectivity index is 1.72. The molecule has 2 atom stereocenters. The van der Waals surface area contributed by atoms with Crippen molar-refractivity contribution in [3.05, 3.63) is 59.9 Å². The molecule has 1 aliphatic heterocycles. The molecule has 0 aliphatic carbocycles. The van der Waals surface area contributed by atoms with Gasteiger partial charge in [-0.2, -0.15) is 5.10 Å². The van der Waals surface area contributed by atoms with Crippen LogP contribution in [0.15, 0.2) is 53.6 Å². The number of ether oxygens (including phenoxy) is 3. The highest BCUT2D eigenvalue weighted by Gasteiger charge is 2.37. The van der Waals surface area contributed by atoms with Gasteiger partial charge < -0.3 is 14.2 Å². The van der Waals surface area contributed by atoms with Crippen molar-refractivity contribution >= 4 is 10.0 Å². The second-order valence-corrected chi connectivity index (χ2v) is 7.92. The summed E-state index contributed by atoms with van der Waals surface area (Å²) in [6.45, 7) is 2.06. The molecule has 0 amide bonds. The van der Waals surface area contributed by atoms with Gasteiger partial charge in [-0.25, -0.2) is 13.1 Å². The average molecular weight is 393 g/mol. The predicted octanol–water partition coefficient (Wildman–Crippen LogP) is 1.42. The van der Waals surface area contributed by atoms with Gasteiger partial charge in [0.05, 0.1) is 18.8 Å². The number of methoxy groups -OCH3 is 2. The van der Waals surface area contributed by atoms with Crippen LogP contribution in [0.2, 0.25) is 0 Å². The van der Waals surface area contributed by atoms with E-state index in [2.05, 4.69) is 9.82 Å². The maximum Gasteiger partial charge on any atom is 0.244 e. The van der Waals surface area contributed by atoms with Gasteiger partial charge in [0.25, 0.3) is 0 Å². The number of benzene rings is 1. The quantitative estimate of drug-likeness (QED) is 0.682. The molecule has 1 aromatic carbocycles. The Hall–Kier alpha value is -2.04. The van der Waals surface area contributed by atoms with Crippen LogP contribution in [0.1, 0.15) is 11.3 Å². The van der Waals surface area contributed by atoms with Crippen LogP contribution in [0.4, 0.5) is 0 Å². The highest BCUT2D eigenvalue weighted by Crippen LogP contribution is 2.25. The van der Waals surface area contributed by atoms with Crippen molar-refractivity contribution < 1.29 is 22.6 Å². The minimum absolute atomic E-state index is 0.0918. The molecule has 1 N–H and O–H groups in total. The monoisotopic (exact) mass is 393 g/mol. The van der Waals surface area contributed by atoms with E-state index in [0.29, 0.717) is 12.2 Å². The molecule has 27 heavy (non-hydrogen) atoms. The smallest absolute Gasteiger partial charge is 0.244 e. The van der Waals surface area contributed by atoms with E-state index in [4.69, 9.17) is 14.2 Å². The van der Waals surface area contributed by atoms with Crippen molar-refractivity contribution in [3.63, 3.8) is 0 Å². The lowest BCUT2D eigenvalue weighted by molar-refractivity contribution is -0.237. The molecule has 0 bridgehead atoms. The molecule has 1 aliphatic rings. The van der Waals surface area contributed by atoms with Gasteiger partial charge in [-0.05, 0) is 24.6 Å². The van der Waals surface area contributed by atoms with Gasteiger partial charge in [0.2, 0.25) is 15.8 Å². The molecule has 0 radical (unpaired) electrons. The summed E-state index contributed by atoms with van der Waals surface area (Å²) >= 11 is 0. The van der Waals surface area contributed by atoms with E-state index in [1.54, 1.807) is 23.8 Å². The number of rotatable bonds is 8. The Kier molecular flexibility index (Phi) is 5.78. The van der Waals surface area contributed by atoms with Crippen molar-refractivity contribution in [2.24, 2.45) is 0 Å². The highest BCUT2D eigenvalue weighted by molar-refractivity contribution is 7.89. The average Bonchev–Trinajstić information content (AvgIpc) is 3.25. The van der Waals surface area contributed by atoms with E-state index < -0.39 is 22.1 Å². The Labute approximate surface area is 158 Å². The van der Waals surface area contributed by atoms with Crippen molar-refractivity contribution in [1.29, 1.82) is 0 Å². The fourth-order valence-electron chi connectivity index (χ4n) is 2.80. The van der Waals surface area contributed by atoms with Crippen molar-refractivity contribution in [2.75, 3.05) is 20.8 Å². The van der Waals surface area contributed by atoms with E-state index in [9.17, 15) is 8.42 Å². The molecule has 146 valence electrons. The number of aromatic nitrogens is 2. The summed E-state index contributed by atoms with van der Waals surface area (Å²) < 4.78 is 45.7. The minimum atomic E-state index is -3.79. The SMILES string of the molecule is COC1C=CC(CNS(=O)(=O)c2cn(Cc3ccccc3)nc2C)(OC)O1. The summed E-state index contributed by atoms with van der Waals surface area (Å²) in [4.78, 5) is 0.120. The van der Waals surface area contributed by atoms with E-state index in [1.807, 2.05) is 30.3 Å². The standard InChI is InChI=1S/C18H23N3O5S/c1-14-16(12-21(20-14)11-15-7-5-4-6-8-15)27(22,23)19-13-18(25-3)10-9-17(24-2)26-18/h4-10,12,17,19H,11,13H2,1-3H3. The van der Waals surface area contributed by atoms with Crippen LogP contribution < -0.4 is 4.72 Å². The van der Waals surface area contributed by atoms with Crippen LogP contribution >= 0.6 is 0 Å². The molecule has 0 saturated carbocycles. The zero-order valence-electron chi connectivity index (χ0n) is 15.5. The fraction of sp³-hybridized carbons (Fsp3) is 0.389. The number of hydrogen-bond donors (Lipinski definition) is 1. The van der Waals surface area contributed by atoms with Crippen molar-refractivity contribution in [1.82, 2.24) is 14.5 Å². The second-order valence-electron chi connectivity index (χ2n) is 6.18. The van der Waals surface area contributed by atoms with E-state index >= 15 is 0 Å². The molecule has 1 aromatic heterocycles. The molecule has 0 spiro atoms. The largest absolute Gasteiger partial charge is 0.352 e. The number of nitrogens with zero attached hydrogens (tertiary/aromatic N) is 2. The number of aryl methyl sites for hydroxylation is 1. The van der Waals surface area contributed by atoms with Crippen molar-refractivity contribution in [2.45, 2.75) is 30.4 Å². The maximum absolute atomic E-state index is 12.8. The Morgan fingerprint density at radius 1 is 1.30 bits per heavy atom. The molecule has 8 nitrogen and oxygen atoms in total. The van der Waals surface area contributed by atoms with Gasteiger partial charge in [0.1, 0.15) is 4.90 Å². The van der Waals surface area contributed by atoms with Gasteiger partial charge >= 0.3 is 0 Å².